The number of hydrogen-bond acceptors (Lipinski definition) is 6. The van der Waals surface area contributed by atoms with Crippen molar-refractivity contribution in [2.75, 3.05) is 0 Å². The minimum absolute atomic E-state index is 0.0373. The molecule has 0 unspecified atom stereocenters. The second kappa shape index (κ2) is 10.8. The molecule has 3 aromatic rings. The number of aliphatic imine (C=N–C) groups is 1. The lowest BCUT2D eigenvalue weighted by atomic mass is 9.94. The Morgan fingerprint density at radius 2 is 1.85 bits per heavy atom. The summed E-state index contributed by atoms with van der Waals surface area (Å²) in [5.41, 5.74) is 2.01. The van der Waals surface area contributed by atoms with Gasteiger partial charge in [0.05, 0.1) is 4.91 Å². The highest BCUT2D eigenvalue weighted by Gasteiger charge is 2.38. The maximum atomic E-state index is 13.4. The number of thiazole rings is 1. The quantitative estimate of drug-likeness (QED) is 0.327. The van der Waals surface area contributed by atoms with Crippen LogP contribution < -0.4 is 4.74 Å². The second-order valence-electron chi connectivity index (χ2n) is 8.27. The van der Waals surface area contributed by atoms with Crippen LogP contribution in [0, 0.1) is 0 Å². The molecule has 1 aliphatic heterocycles. The van der Waals surface area contributed by atoms with Gasteiger partial charge in [-0.25, -0.2) is 4.98 Å². The molecular weight excluding hydrogens is 486 g/mol. The summed E-state index contributed by atoms with van der Waals surface area (Å²) in [6, 6.07) is 15.6. The molecule has 5 rings (SSSR count). The molecule has 34 heavy (non-hydrogen) atoms. The molecule has 2 fully saturated rings. The lowest BCUT2D eigenvalue weighted by Crippen LogP contribution is -2.40. The highest BCUT2D eigenvalue weighted by Crippen LogP contribution is 2.38. The number of halogens is 1. The molecule has 1 amide bonds. The van der Waals surface area contributed by atoms with E-state index in [1.54, 1.807) is 6.20 Å². The first-order valence-corrected chi connectivity index (χ1v) is 13.4. The smallest absolute Gasteiger partial charge is 0.267 e. The first-order valence-electron chi connectivity index (χ1n) is 11.3. The Kier molecular flexibility index (Phi) is 7.33. The molecule has 2 aromatic carbocycles. The van der Waals surface area contributed by atoms with Crippen LogP contribution in [-0.2, 0) is 11.4 Å². The Morgan fingerprint density at radius 1 is 1.09 bits per heavy atom. The fourth-order valence-corrected chi connectivity index (χ4v) is 5.87. The number of ether oxygens (including phenoxy) is 1. The predicted molar refractivity (Wildman–Crippen MR) is 141 cm³/mol. The Hall–Kier alpha value is -2.61. The molecule has 174 valence electrons. The molecule has 0 spiro atoms. The van der Waals surface area contributed by atoms with Crippen LogP contribution in [0.2, 0.25) is 5.02 Å². The number of amidine groups is 1. The van der Waals surface area contributed by atoms with Crippen molar-refractivity contribution in [3.8, 4) is 5.75 Å². The van der Waals surface area contributed by atoms with Crippen molar-refractivity contribution in [1.29, 1.82) is 0 Å². The SMILES string of the molecule is O=C1/C(=C/c2ccc(OCc3ccc(Cl)cc3)cc2)S/C(=N/c2nccs2)N1C1CCCCC1. The molecule has 1 saturated carbocycles. The zero-order valence-electron chi connectivity index (χ0n) is 18.5. The summed E-state index contributed by atoms with van der Waals surface area (Å²) in [7, 11) is 0. The van der Waals surface area contributed by atoms with Crippen LogP contribution in [0.25, 0.3) is 6.08 Å². The van der Waals surface area contributed by atoms with Gasteiger partial charge in [0.2, 0.25) is 5.13 Å². The van der Waals surface area contributed by atoms with E-state index in [0.717, 1.165) is 47.7 Å². The van der Waals surface area contributed by atoms with E-state index in [-0.39, 0.29) is 11.9 Å². The summed E-state index contributed by atoms with van der Waals surface area (Å²) in [6.45, 7) is 0.471. The van der Waals surface area contributed by atoms with E-state index in [1.807, 2.05) is 64.9 Å². The van der Waals surface area contributed by atoms with E-state index >= 15 is 0 Å². The van der Waals surface area contributed by atoms with Gasteiger partial charge in [0, 0.05) is 22.6 Å². The Morgan fingerprint density at radius 3 is 2.56 bits per heavy atom. The van der Waals surface area contributed by atoms with Crippen molar-refractivity contribution in [3.05, 3.63) is 81.2 Å². The summed E-state index contributed by atoms with van der Waals surface area (Å²) >= 11 is 8.86. The number of amides is 1. The number of benzene rings is 2. The molecule has 0 bridgehead atoms. The molecule has 0 atom stereocenters. The third-order valence-corrected chi connectivity index (χ3v) is 7.78. The number of rotatable bonds is 6. The summed E-state index contributed by atoms with van der Waals surface area (Å²) in [4.78, 5) is 25.0. The summed E-state index contributed by atoms with van der Waals surface area (Å²) < 4.78 is 5.88. The molecule has 2 heterocycles. The summed E-state index contributed by atoms with van der Waals surface area (Å²) in [6.07, 6.45) is 9.27. The molecule has 0 N–H and O–H groups in total. The number of nitrogens with zero attached hydrogens (tertiary/aromatic N) is 3. The molecule has 8 heteroatoms. The van der Waals surface area contributed by atoms with E-state index in [9.17, 15) is 4.79 Å². The first kappa shape index (κ1) is 23.1. The fraction of sp³-hybridized carbons (Fsp3) is 0.269. The second-order valence-corrected chi connectivity index (χ2v) is 10.6. The van der Waals surface area contributed by atoms with Gasteiger partial charge < -0.3 is 4.74 Å². The van der Waals surface area contributed by atoms with Crippen molar-refractivity contribution in [2.45, 2.75) is 44.8 Å². The minimum Gasteiger partial charge on any atom is -0.489 e. The van der Waals surface area contributed by atoms with Gasteiger partial charge in [-0.1, -0.05) is 55.1 Å². The number of thioether (sulfide) groups is 1. The Bertz CT molecular complexity index is 1190. The van der Waals surface area contributed by atoms with Crippen molar-refractivity contribution < 1.29 is 9.53 Å². The molecule has 2 aliphatic rings. The molecule has 5 nitrogen and oxygen atoms in total. The monoisotopic (exact) mass is 509 g/mol. The van der Waals surface area contributed by atoms with Crippen LogP contribution in [0.5, 0.6) is 5.75 Å². The number of hydrogen-bond donors (Lipinski definition) is 0. The maximum Gasteiger partial charge on any atom is 0.267 e. The van der Waals surface area contributed by atoms with Gasteiger partial charge >= 0.3 is 0 Å². The minimum atomic E-state index is 0.0373. The topological polar surface area (TPSA) is 54.8 Å². The van der Waals surface area contributed by atoms with Crippen molar-refractivity contribution in [1.82, 2.24) is 9.88 Å². The molecule has 1 saturated heterocycles. The zero-order valence-corrected chi connectivity index (χ0v) is 20.9. The predicted octanol–water partition coefficient (Wildman–Crippen LogP) is 7.31. The average molecular weight is 510 g/mol. The first-order chi connectivity index (χ1) is 16.7. The normalized spacial score (nSPS) is 19.3. The van der Waals surface area contributed by atoms with Gasteiger partial charge in [0.1, 0.15) is 12.4 Å². The third-order valence-electron chi connectivity index (χ3n) is 5.88. The van der Waals surface area contributed by atoms with Gasteiger partial charge in [-0.3, -0.25) is 9.69 Å². The average Bonchev–Trinajstić information content (AvgIpc) is 3.48. The van der Waals surface area contributed by atoms with Gasteiger partial charge in [0.15, 0.2) is 5.17 Å². The van der Waals surface area contributed by atoms with E-state index in [4.69, 9.17) is 21.3 Å². The molecular formula is C26H24ClN3O2S2. The van der Waals surface area contributed by atoms with Crippen LogP contribution in [0.4, 0.5) is 5.13 Å². The van der Waals surface area contributed by atoms with E-state index in [1.165, 1.54) is 29.5 Å². The number of carbonyl (C=O) groups is 1. The van der Waals surface area contributed by atoms with Gasteiger partial charge in [-0.2, -0.15) is 4.99 Å². The largest absolute Gasteiger partial charge is 0.489 e. The zero-order chi connectivity index (χ0) is 23.3. The van der Waals surface area contributed by atoms with Crippen LogP contribution in [0.3, 0.4) is 0 Å². The third kappa shape index (κ3) is 5.54. The van der Waals surface area contributed by atoms with Gasteiger partial charge in [0.25, 0.3) is 5.91 Å². The summed E-state index contributed by atoms with van der Waals surface area (Å²) in [5.74, 6) is 0.813. The van der Waals surface area contributed by atoms with Gasteiger partial charge in [-0.05, 0) is 66.1 Å². The highest BCUT2D eigenvalue weighted by molar-refractivity contribution is 8.18. The highest BCUT2D eigenvalue weighted by atomic mass is 35.5. The van der Waals surface area contributed by atoms with Crippen molar-refractivity contribution >= 4 is 57.0 Å². The standard InChI is InChI=1S/C26H24ClN3O2S2/c27-20-10-6-19(7-11-20)17-32-22-12-8-18(9-13-22)16-23-24(31)30(21-4-2-1-3-5-21)26(34-23)29-25-28-14-15-33-25/h6-16,21H,1-5,17H2/b23-16-,29-26+. The lowest BCUT2D eigenvalue weighted by Gasteiger charge is -2.30. The molecule has 1 aliphatic carbocycles. The molecule has 1 aromatic heterocycles. The lowest BCUT2D eigenvalue weighted by molar-refractivity contribution is -0.124. The van der Waals surface area contributed by atoms with Crippen LogP contribution in [0.15, 0.2) is 70.0 Å². The number of aromatic nitrogens is 1. The number of carbonyl (C=O) groups excluding carboxylic acids is 1. The Labute approximate surface area is 212 Å². The molecule has 0 radical (unpaired) electrons. The van der Waals surface area contributed by atoms with Crippen molar-refractivity contribution in [2.24, 2.45) is 4.99 Å². The van der Waals surface area contributed by atoms with Crippen LogP contribution in [-0.4, -0.2) is 27.0 Å². The Balaban J connectivity index is 1.32. The van der Waals surface area contributed by atoms with Gasteiger partial charge in [-0.15, -0.1) is 11.3 Å². The summed E-state index contributed by atoms with van der Waals surface area (Å²) in [5, 5.41) is 4.03. The van der Waals surface area contributed by atoms with E-state index in [0.29, 0.717) is 21.7 Å². The fourth-order valence-electron chi connectivity index (χ4n) is 4.14. The maximum absolute atomic E-state index is 13.4. The van der Waals surface area contributed by atoms with Crippen LogP contribution in [0.1, 0.15) is 43.2 Å². The van der Waals surface area contributed by atoms with Crippen LogP contribution >= 0.6 is 34.7 Å². The van der Waals surface area contributed by atoms with Crippen molar-refractivity contribution in [3.63, 3.8) is 0 Å². The van der Waals surface area contributed by atoms with E-state index in [2.05, 4.69) is 4.98 Å². The van der Waals surface area contributed by atoms with E-state index < -0.39 is 0 Å².